The van der Waals surface area contributed by atoms with E-state index in [2.05, 4.69) is 45.9 Å². The molecule has 11 nitrogen and oxygen atoms in total. The standard InChI is InChI=1S/C24H32N6O.C4H6O4/c1-17(2)31-21-8-6-20(7-9-21)23-24(26-11-10-25-23)30-14-12-29(13-15-30)16-22-18(3)27-28(5)19(22)4;5-3(6)1-2-4(7)8/h6-11,17H,12-16H2,1-5H3;1-2H2,(H,5,6)(H,7,8). The Bertz CT molecular complexity index is 1240. The van der Waals surface area contributed by atoms with Crippen LogP contribution in [0, 0.1) is 13.8 Å². The van der Waals surface area contributed by atoms with Crippen LogP contribution in [0.4, 0.5) is 5.82 Å². The van der Waals surface area contributed by atoms with Crippen molar-refractivity contribution in [3.63, 3.8) is 0 Å². The van der Waals surface area contributed by atoms with E-state index in [0.717, 1.165) is 61.2 Å². The first-order chi connectivity index (χ1) is 18.5. The second kappa shape index (κ2) is 13.7. The first-order valence-corrected chi connectivity index (χ1v) is 13.0. The molecule has 2 N–H and O–H groups in total. The molecule has 0 atom stereocenters. The van der Waals surface area contributed by atoms with Gasteiger partial charge in [0, 0.05) is 69.0 Å². The number of rotatable bonds is 9. The van der Waals surface area contributed by atoms with Gasteiger partial charge in [0.05, 0.1) is 24.6 Å². The van der Waals surface area contributed by atoms with Crippen LogP contribution in [0.3, 0.4) is 0 Å². The Labute approximate surface area is 229 Å². The van der Waals surface area contributed by atoms with Crippen LogP contribution in [0.5, 0.6) is 5.75 Å². The van der Waals surface area contributed by atoms with E-state index in [1.54, 1.807) is 12.4 Å². The molecule has 0 unspecified atom stereocenters. The highest BCUT2D eigenvalue weighted by atomic mass is 16.5. The zero-order valence-corrected chi connectivity index (χ0v) is 23.3. The van der Waals surface area contributed by atoms with Gasteiger partial charge in [-0.05, 0) is 52.0 Å². The smallest absolute Gasteiger partial charge is 0.303 e. The lowest BCUT2D eigenvalue weighted by molar-refractivity contribution is -0.143. The van der Waals surface area contributed by atoms with Crippen molar-refractivity contribution in [2.45, 2.75) is 53.2 Å². The molecule has 3 heterocycles. The number of aromatic nitrogens is 4. The molecule has 11 heteroatoms. The van der Waals surface area contributed by atoms with E-state index in [1.807, 2.05) is 37.7 Å². The normalized spacial score (nSPS) is 13.6. The Morgan fingerprint density at radius 2 is 1.54 bits per heavy atom. The predicted molar refractivity (Wildman–Crippen MR) is 148 cm³/mol. The van der Waals surface area contributed by atoms with Gasteiger partial charge < -0.3 is 19.8 Å². The summed E-state index contributed by atoms with van der Waals surface area (Å²) in [6.07, 6.45) is 3.12. The molecule has 0 bridgehead atoms. The maximum atomic E-state index is 9.64. The largest absolute Gasteiger partial charge is 0.491 e. The summed E-state index contributed by atoms with van der Waals surface area (Å²) in [7, 11) is 2.01. The molecule has 1 saturated heterocycles. The number of ether oxygens (including phenoxy) is 1. The number of piperazine rings is 1. The average molecular weight is 539 g/mol. The van der Waals surface area contributed by atoms with Crippen LogP contribution < -0.4 is 9.64 Å². The van der Waals surface area contributed by atoms with Gasteiger partial charge in [0.15, 0.2) is 5.82 Å². The average Bonchev–Trinajstić information content (AvgIpc) is 3.14. The highest BCUT2D eigenvalue weighted by Gasteiger charge is 2.23. The van der Waals surface area contributed by atoms with Crippen LogP contribution in [0.25, 0.3) is 11.3 Å². The minimum absolute atomic E-state index is 0.161. The number of carboxylic acids is 2. The van der Waals surface area contributed by atoms with Gasteiger partial charge in [-0.1, -0.05) is 0 Å². The Morgan fingerprint density at radius 3 is 2.05 bits per heavy atom. The van der Waals surface area contributed by atoms with Crippen LogP contribution >= 0.6 is 0 Å². The topological polar surface area (TPSA) is 134 Å². The summed E-state index contributed by atoms with van der Waals surface area (Å²) in [5.41, 5.74) is 5.71. The maximum absolute atomic E-state index is 9.64. The summed E-state index contributed by atoms with van der Waals surface area (Å²) in [5.74, 6) is -0.327. The van der Waals surface area contributed by atoms with E-state index < -0.39 is 11.9 Å². The number of aliphatic carboxylic acids is 2. The van der Waals surface area contributed by atoms with Gasteiger partial charge in [-0.25, -0.2) is 4.98 Å². The molecular formula is C28H38N6O5. The first kappa shape index (κ1) is 29.6. The minimum atomic E-state index is -1.08. The van der Waals surface area contributed by atoms with Crippen LogP contribution in [0.2, 0.25) is 0 Å². The molecular weight excluding hydrogens is 500 g/mol. The van der Waals surface area contributed by atoms with Crippen molar-refractivity contribution in [1.82, 2.24) is 24.6 Å². The van der Waals surface area contributed by atoms with Gasteiger partial charge >= 0.3 is 11.9 Å². The van der Waals surface area contributed by atoms with E-state index in [-0.39, 0.29) is 18.9 Å². The van der Waals surface area contributed by atoms with Crippen molar-refractivity contribution < 1.29 is 24.5 Å². The minimum Gasteiger partial charge on any atom is -0.491 e. The molecule has 39 heavy (non-hydrogen) atoms. The van der Waals surface area contributed by atoms with Crippen LogP contribution in [0.1, 0.15) is 43.6 Å². The summed E-state index contributed by atoms with van der Waals surface area (Å²) < 4.78 is 7.75. The SMILES string of the molecule is Cc1nn(C)c(C)c1CN1CCN(c2nccnc2-c2ccc(OC(C)C)cc2)CC1.O=C(O)CCC(=O)O. The molecule has 3 aromatic rings. The Morgan fingerprint density at radius 1 is 0.949 bits per heavy atom. The van der Waals surface area contributed by atoms with Crippen molar-refractivity contribution in [2.75, 3.05) is 31.1 Å². The molecule has 0 amide bonds. The van der Waals surface area contributed by atoms with Crippen LogP contribution in [-0.2, 0) is 23.2 Å². The number of hydrogen-bond donors (Lipinski definition) is 2. The predicted octanol–water partition coefficient (Wildman–Crippen LogP) is 3.54. The van der Waals surface area contributed by atoms with E-state index in [4.69, 9.17) is 19.9 Å². The van der Waals surface area contributed by atoms with Gasteiger partial charge in [-0.3, -0.25) is 24.2 Å². The molecule has 2 aromatic heterocycles. The number of carbonyl (C=O) groups is 2. The van der Waals surface area contributed by atoms with Gasteiger partial charge in [0.1, 0.15) is 11.4 Å². The Hall–Kier alpha value is -3.99. The number of nitrogens with zero attached hydrogens (tertiary/aromatic N) is 6. The van der Waals surface area contributed by atoms with Crippen molar-refractivity contribution in [3.05, 3.63) is 53.6 Å². The molecule has 1 aliphatic heterocycles. The molecule has 0 spiro atoms. The third kappa shape index (κ3) is 8.51. The second-order valence-corrected chi connectivity index (χ2v) is 9.74. The molecule has 1 fully saturated rings. The number of carboxylic acid groups (broad SMARTS) is 2. The van der Waals surface area contributed by atoms with Crippen molar-refractivity contribution in [3.8, 4) is 17.0 Å². The fourth-order valence-corrected chi connectivity index (χ4v) is 4.33. The molecule has 1 aromatic carbocycles. The van der Waals surface area contributed by atoms with E-state index in [0.29, 0.717) is 0 Å². The Kier molecular flexibility index (Phi) is 10.4. The fourth-order valence-electron chi connectivity index (χ4n) is 4.33. The third-order valence-electron chi connectivity index (χ3n) is 6.44. The highest BCUT2D eigenvalue weighted by molar-refractivity contribution is 5.75. The van der Waals surface area contributed by atoms with Crippen molar-refractivity contribution in [1.29, 1.82) is 0 Å². The Balaban J connectivity index is 0.000000459. The molecule has 0 saturated carbocycles. The highest BCUT2D eigenvalue weighted by Crippen LogP contribution is 2.29. The lowest BCUT2D eigenvalue weighted by atomic mass is 10.1. The molecule has 4 rings (SSSR count). The monoisotopic (exact) mass is 538 g/mol. The quantitative estimate of drug-likeness (QED) is 0.417. The van der Waals surface area contributed by atoms with E-state index in [1.165, 1.54) is 11.3 Å². The number of aryl methyl sites for hydroxylation is 2. The van der Waals surface area contributed by atoms with Gasteiger partial charge in [-0.15, -0.1) is 0 Å². The molecule has 0 aliphatic carbocycles. The lowest BCUT2D eigenvalue weighted by Gasteiger charge is -2.36. The van der Waals surface area contributed by atoms with Crippen LogP contribution in [0.15, 0.2) is 36.7 Å². The summed E-state index contributed by atoms with van der Waals surface area (Å²) in [6.45, 7) is 13.1. The fraction of sp³-hybridized carbons (Fsp3) is 0.464. The van der Waals surface area contributed by atoms with Gasteiger partial charge in [-0.2, -0.15) is 5.10 Å². The maximum Gasteiger partial charge on any atom is 0.303 e. The van der Waals surface area contributed by atoms with E-state index in [9.17, 15) is 9.59 Å². The second-order valence-electron chi connectivity index (χ2n) is 9.74. The van der Waals surface area contributed by atoms with Crippen molar-refractivity contribution in [2.24, 2.45) is 7.05 Å². The van der Waals surface area contributed by atoms with Crippen LogP contribution in [-0.4, -0.2) is 79.1 Å². The lowest BCUT2D eigenvalue weighted by Crippen LogP contribution is -2.46. The first-order valence-electron chi connectivity index (χ1n) is 13.0. The summed E-state index contributed by atoms with van der Waals surface area (Å²) >= 11 is 0. The molecule has 1 aliphatic rings. The summed E-state index contributed by atoms with van der Waals surface area (Å²) in [6, 6.07) is 8.14. The van der Waals surface area contributed by atoms with Gasteiger partial charge in [0.2, 0.25) is 0 Å². The molecule has 210 valence electrons. The number of hydrogen-bond acceptors (Lipinski definition) is 8. The third-order valence-corrected chi connectivity index (χ3v) is 6.44. The van der Waals surface area contributed by atoms with E-state index >= 15 is 0 Å². The zero-order valence-electron chi connectivity index (χ0n) is 23.3. The number of anilines is 1. The number of benzene rings is 1. The van der Waals surface area contributed by atoms with Gasteiger partial charge in [0.25, 0.3) is 0 Å². The summed E-state index contributed by atoms with van der Waals surface area (Å²) in [4.78, 5) is 33.5. The summed E-state index contributed by atoms with van der Waals surface area (Å²) in [5, 5.41) is 20.4. The van der Waals surface area contributed by atoms with Crippen molar-refractivity contribution >= 4 is 17.8 Å². The zero-order chi connectivity index (χ0) is 28.5. The molecule has 0 radical (unpaired) electrons.